The van der Waals surface area contributed by atoms with Crippen LogP contribution in [0.3, 0.4) is 0 Å². The third kappa shape index (κ3) is 5.15. The Labute approximate surface area is 120 Å². The second-order valence-corrected chi connectivity index (χ2v) is 6.58. The van der Waals surface area contributed by atoms with Crippen molar-refractivity contribution >= 4 is 17.7 Å². The van der Waals surface area contributed by atoms with Gasteiger partial charge in [-0.2, -0.15) is 0 Å². The van der Waals surface area contributed by atoms with Crippen LogP contribution in [-0.2, 0) is 4.79 Å². The molecule has 0 aromatic heterocycles. The molecule has 1 amide bonds. The van der Waals surface area contributed by atoms with Crippen LogP contribution in [-0.4, -0.2) is 23.8 Å². The van der Waals surface area contributed by atoms with Gasteiger partial charge in [-0.3, -0.25) is 4.79 Å². The number of carbonyl (C=O) groups is 1. The molecule has 0 saturated carbocycles. The molecular weight excluding hydrogens is 258 g/mol. The highest BCUT2D eigenvalue weighted by Gasteiger charge is 2.22. The molecular formula is C15H23NO2S. The summed E-state index contributed by atoms with van der Waals surface area (Å²) in [5, 5.41) is 2.95. The van der Waals surface area contributed by atoms with Gasteiger partial charge in [0.2, 0.25) is 5.91 Å². The average Bonchev–Trinajstić information content (AvgIpc) is 2.39. The number of benzene rings is 1. The van der Waals surface area contributed by atoms with Crippen molar-refractivity contribution in [2.45, 2.75) is 49.8 Å². The van der Waals surface area contributed by atoms with Crippen molar-refractivity contribution in [3.8, 4) is 5.75 Å². The normalized spacial score (nSPS) is 12.9. The molecule has 1 aromatic carbocycles. The molecule has 0 radical (unpaired) electrons. The minimum atomic E-state index is -0.147. The number of amides is 1. The number of carbonyl (C=O) groups excluding carboxylic acids is 1. The van der Waals surface area contributed by atoms with Gasteiger partial charge in [-0.15, -0.1) is 11.8 Å². The fourth-order valence-electron chi connectivity index (χ4n) is 1.44. The Morgan fingerprint density at radius 3 is 2.42 bits per heavy atom. The number of rotatable bonds is 6. The predicted molar refractivity (Wildman–Crippen MR) is 80.8 cm³/mol. The van der Waals surface area contributed by atoms with E-state index in [9.17, 15) is 4.79 Å². The Kier molecular flexibility index (Phi) is 5.73. The molecule has 1 atom stereocenters. The van der Waals surface area contributed by atoms with Gasteiger partial charge >= 0.3 is 0 Å². The molecule has 0 aliphatic rings. The van der Waals surface area contributed by atoms with E-state index in [0.717, 1.165) is 17.1 Å². The highest BCUT2D eigenvalue weighted by atomic mass is 32.2. The minimum absolute atomic E-state index is 0.0765. The van der Waals surface area contributed by atoms with Crippen molar-refractivity contribution in [1.29, 1.82) is 0 Å². The average molecular weight is 281 g/mol. The zero-order chi connectivity index (χ0) is 14.5. The van der Waals surface area contributed by atoms with Gasteiger partial charge < -0.3 is 10.1 Å². The van der Waals surface area contributed by atoms with Crippen LogP contribution in [0.15, 0.2) is 29.2 Å². The lowest BCUT2D eigenvalue weighted by Crippen LogP contribution is -2.46. The largest absolute Gasteiger partial charge is 0.497 e. The highest BCUT2D eigenvalue weighted by molar-refractivity contribution is 8.00. The molecule has 0 fully saturated rings. The van der Waals surface area contributed by atoms with E-state index in [1.807, 2.05) is 45.0 Å². The maximum atomic E-state index is 12.1. The third-order valence-corrected chi connectivity index (χ3v) is 4.20. The Morgan fingerprint density at radius 1 is 1.37 bits per heavy atom. The van der Waals surface area contributed by atoms with Gasteiger partial charge in [0.1, 0.15) is 5.75 Å². The Morgan fingerprint density at radius 2 is 1.95 bits per heavy atom. The molecule has 4 heteroatoms. The van der Waals surface area contributed by atoms with Crippen molar-refractivity contribution in [3.05, 3.63) is 24.3 Å². The molecule has 0 heterocycles. The molecule has 0 bridgehead atoms. The number of nitrogens with one attached hydrogen (secondary N) is 1. The molecule has 19 heavy (non-hydrogen) atoms. The maximum Gasteiger partial charge on any atom is 0.233 e. The molecule has 3 nitrogen and oxygen atoms in total. The lowest BCUT2D eigenvalue weighted by atomic mass is 10.0. The molecule has 0 aliphatic carbocycles. The zero-order valence-corrected chi connectivity index (χ0v) is 13.1. The van der Waals surface area contributed by atoms with Gasteiger partial charge in [-0.25, -0.2) is 0 Å². The van der Waals surface area contributed by atoms with E-state index in [-0.39, 0.29) is 16.7 Å². The summed E-state index contributed by atoms with van der Waals surface area (Å²) in [5.74, 6) is 0.904. The van der Waals surface area contributed by atoms with Crippen LogP contribution in [0.25, 0.3) is 0 Å². The second-order valence-electron chi connectivity index (χ2n) is 5.16. The van der Waals surface area contributed by atoms with E-state index >= 15 is 0 Å². The standard InChI is InChI=1S/C15H23NO2S/c1-6-15(3,4)16-14(17)11(2)19-13-9-7-12(18-5)8-10-13/h7-11H,6H2,1-5H3,(H,16,17). The summed E-state index contributed by atoms with van der Waals surface area (Å²) >= 11 is 1.55. The number of hydrogen-bond donors (Lipinski definition) is 1. The van der Waals surface area contributed by atoms with Crippen molar-refractivity contribution in [2.24, 2.45) is 0 Å². The van der Waals surface area contributed by atoms with E-state index < -0.39 is 0 Å². The Balaban J connectivity index is 2.58. The first-order valence-electron chi connectivity index (χ1n) is 6.50. The van der Waals surface area contributed by atoms with Gasteiger partial charge in [0.15, 0.2) is 0 Å². The smallest absolute Gasteiger partial charge is 0.233 e. The predicted octanol–water partition coefficient (Wildman–Crippen LogP) is 3.48. The van der Waals surface area contributed by atoms with Crippen LogP contribution in [0.1, 0.15) is 34.1 Å². The van der Waals surface area contributed by atoms with Gasteiger partial charge in [-0.05, 0) is 51.5 Å². The summed E-state index contributed by atoms with van der Waals surface area (Å²) in [4.78, 5) is 13.2. The van der Waals surface area contributed by atoms with E-state index in [1.165, 1.54) is 0 Å². The summed E-state index contributed by atoms with van der Waals surface area (Å²) in [7, 11) is 1.64. The summed E-state index contributed by atoms with van der Waals surface area (Å²) in [5.41, 5.74) is -0.147. The molecule has 0 saturated heterocycles. The van der Waals surface area contributed by atoms with Crippen molar-refractivity contribution in [3.63, 3.8) is 0 Å². The van der Waals surface area contributed by atoms with E-state index in [4.69, 9.17) is 4.74 Å². The van der Waals surface area contributed by atoms with Crippen molar-refractivity contribution < 1.29 is 9.53 Å². The monoisotopic (exact) mass is 281 g/mol. The van der Waals surface area contributed by atoms with Crippen LogP contribution in [0.4, 0.5) is 0 Å². The summed E-state index contributed by atoms with van der Waals surface area (Å²) in [6, 6.07) is 7.75. The molecule has 106 valence electrons. The van der Waals surface area contributed by atoms with Crippen LogP contribution in [0.5, 0.6) is 5.75 Å². The fourth-order valence-corrected chi connectivity index (χ4v) is 2.30. The first kappa shape index (κ1) is 15.9. The number of ether oxygens (including phenoxy) is 1. The van der Waals surface area contributed by atoms with E-state index in [0.29, 0.717) is 0 Å². The number of methoxy groups -OCH3 is 1. The van der Waals surface area contributed by atoms with Gasteiger partial charge in [0, 0.05) is 10.4 Å². The summed E-state index contributed by atoms with van der Waals surface area (Å²) < 4.78 is 5.11. The lowest BCUT2D eigenvalue weighted by Gasteiger charge is -2.26. The maximum absolute atomic E-state index is 12.1. The van der Waals surface area contributed by atoms with Gasteiger partial charge in [0.05, 0.1) is 12.4 Å². The van der Waals surface area contributed by atoms with Crippen LogP contribution < -0.4 is 10.1 Å². The third-order valence-electron chi connectivity index (χ3n) is 3.09. The van der Waals surface area contributed by atoms with Crippen LogP contribution >= 0.6 is 11.8 Å². The minimum Gasteiger partial charge on any atom is -0.497 e. The van der Waals surface area contributed by atoms with Crippen molar-refractivity contribution in [1.82, 2.24) is 5.32 Å². The number of thioether (sulfide) groups is 1. The number of hydrogen-bond acceptors (Lipinski definition) is 3. The molecule has 1 N–H and O–H groups in total. The quantitative estimate of drug-likeness (QED) is 0.811. The molecule has 1 unspecified atom stereocenters. The first-order chi connectivity index (χ1) is 8.88. The highest BCUT2D eigenvalue weighted by Crippen LogP contribution is 2.25. The van der Waals surface area contributed by atoms with Gasteiger partial charge in [-0.1, -0.05) is 6.92 Å². The summed E-state index contributed by atoms with van der Waals surface area (Å²) in [6.45, 7) is 8.07. The lowest BCUT2D eigenvalue weighted by molar-refractivity contribution is -0.121. The Hall–Kier alpha value is -1.16. The SMILES string of the molecule is CCC(C)(C)NC(=O)C(C)Sc1ccc(OC)cc1. The topological polar surface area (TPSA) is 38.3 Å². The van der Waals surface area contributed by atoms with Gasteiger partial charge in [0.25, 0.3) is 0 Å². The Bertz CT molecular complexity index is 415. The molecule has 1 aromatic rings. The first-order valence-corrected chi connectivity index (χ1v) is 7.38. The van der Waals surface area contributed by atoms with E-state index in [2.05, 4.69) is 12.2 Å². The fraction of sp³-hybridized carbons (Fsp3) is 0.533. The van der Waals surface area contributed by atoms with Crippen molar-refractivity contribution in [2.75, 3.05) is 7.11 Å². The second kappa shape index (κ2) is 6.85. The molecule has 0 aliphatic heterocycles. The summed E-state index contributed by atoms with van der Waals surface area (Å²) in [6.07, 6.45) is 0.915. The zero-order valence-electron chi connectivity index (χ0n) is 12.3. The van der Waals surface area contributed by atoms with E-state index in [1.54, 1.807) is 18.9 Å². The van der Waals surface area contributed by atoms with Crippen LogP contribution in [0, 0.1) is 0 Å². The molecule has 0 spiro atoms. The molecule has 1 rings (SSSR count). The van der Waals surface area contributed by atoms with Crippen LogP contribution in [0.2, 0.25) is 0 Å².